The molecule has 0 unspecified atom stereocenters. The van der Waals surface area contributed by atoms with E-state index in [9.17, 15) is 18.0 Å². The fourth-order valence-electron chi connectivity index (χ4n) is 3.21. The van der Waals surface area contributed by atoms with Crippen molar-refractivity contribution in [2.75, 3.05) is 7.11 Å². The van der Waals surface area contributed by atoms with Gasteiger partial charge in [0.1, 0.15) is 17.3 Å². The number of hydrogen-bond donors (Lipinski definition) is 1. The number of nitrogens with zero attached hydrogens (tertiary/aromatic N) is 1. The van der Waals surface area contributed by atoms with Crippen molar-refractivity contribution in [1.29, 1.82) is 0 Å². The molecule has 0 saturated heterocycles. The third-order valence-corrected chi connectivity index (χ3v) is 4.77. The lowest BCUT2D eigenvalue weighted by atomic mass is 10.1. The summed E-state index contributed by atoms with van der Waals surface area (Å²) in [5.41, 5.74) is 2.24. The third-order valence-electron chi connectivity index (χ3n) is 4.77. The molecule has 0 fully saturated rings. The summed E-state index contributed by atoms with van der Waals surface area (Å²) in [6, 6.07) is 18.9. The summed E-state index contributed by atoms with van der Waals surface area (Å²) < 4.78 is 49.6. The van der Waals surface area contributed by atoms with Gasteiger partial charge in [0.2, 0.25) is 0 Å². The van der Waals surface area contributed by atoms with Crippen molar-refractivity contribution >= 4 is 22.9 Å². The summed E-state index contributed by atoms with van der Waals surface area (Å²) in [6.07, 6.45) is -3.18. The predicted octanol–water partition coefficient (Wildman–Crippen LogP) is 5.89. The molecule has 0 spiro atoms. The number of fused-ring (bicyclic) bond motifs is 1. The number of alkyl halides is 3. The Bertz CT molecular complexity index is 1310. The van der Waals surface area contributed by atoms with Crippen LogP contribution in [0.25, 0.3) is 22.1 Å². The lowest BCUT2D eigenvalue weighted by Crippen LogP contribution is -2.18. The topological polar surface area (TPSA) is 63.8 Å². The van der Waals surface area contributed by atoms with Crippen LogP contribution >= 0.6 is 0 Å². The van der Waals surface area contributed by atoms with Gasteiger partial charge in [-0.2, -0.15) is 18.3 Å². The molecule has 8 heteroatoms. The number of rotatable bonds is 5. The van der Waals surface area contributed by atoms with E-state index < -0.39 is 17.6 Å². The molecule has 1 amide bonds. The Balaban J connectivity index is 1.49. The van der Waals surface area contributed by atoms with Crippen LogP contribution in [0.2, 0.25) is 0 Å². The molecule has 4 rings (SSSR count). The molecular weight excluding hydrogens is 421 g/mol. The van der Waals surface area contributed by atoms with Crippen LogP contribution < -0.4 is 10.2 Å². The number of carbonyl (C=O) groups is 1. The molecule has 1 aromatic heterocycles. The van der Waals surface area contributed by atoms with E-state index in [-0.39, 0.29) is 17.1 Å². The number of ether oxygens (including phenoxy) is 1. The minimum atomic E-state index is -4.44. The molecule has 0 radical (unpaired) electrons. The Morgan fingerprint density at radius 2 is 1.75 bits per heavy atom. The maximum absolute atomic E-state index is 12.9. The van der Waals surface area contributed by atoms with Crippen molar-refractivity contribution in [2.45, 2.75) is 6.18 Å². The Hall–Kier alpha value is -4.07. The zero-order chi connectivity index (χ0) is 22.7. The van der Waals surface area contributed by atoms with Gasteiger partial charge < -0.3 is 9.15 Å². The van der Waals surface area contributed by atoms with Gasteiger partial charge in [-0.05, 0) is 47.2 Å². The molecule has 3 aromatic carbocycles. The molecule has 1 N–H and O–H groups in total. The summed E-state index contributed by atoms with van der Waals surface area (Å²) in [4.78, 5) is 12.6. The Morgan fingerprint density at radius 3 is 2.47 bits per heavy atom. The van der Waals surface area contributed by atoms with Gasteiger partial charge in [-0.25, -0.2) is 5.43 Å². The van der Waals surface area contributed by atoms with Gasteiger partial charge in [0.25, 0.3) is 5.91 Å². The van der Waals surface area contributed by atoms with E-state index >= 15 is 0 Å². The number of furan rings is 1. The molecular formula is C24H17F3N2O3. The minimum absolute atomic E-state index is 0.250. The lowest BCUT2D eigenvalue weighted by Gasteiger charge is -2.09. The smallest absolute Gasteiger partial charge is 0.416 e. The highest BCUT2D eigenvalue weighted by Gasteiger charge is 2.30. The first-order chi connectivity index (χ1) is 15.3. The number of carbonyl (C=O) groups excluding carboxylic acids is 1. The van der Waals surface area contributed by atoms with Gasteiger partial charge in [-0.1, -0.05) is 36.4 Å². The first kappa shape index (κ1) is 21.2. The Kier molecular flexibility index (Phi) is 5.68. The number of benzene rings is 3. The Labute approximate surface area is 181 Å². The molecule has 0 bridgehead atoms. The first-order valence-electron chi connectivity index (χ1n) is 9.53. The average Bonchev–Trinajstić information content (AvgIpc) is 3.26. The van der Waals surface area contributed by atoms with Crippen molar-refractivity contribution in [2.24, 2.45) is 5.10 Å². The van der Waals surface area contributed by atoms with Crippen molar-refractivity contribution in [3.8, 4) is 17.1 Å². The predicted molar refractivity (Wildman–Crippen MR) is 115 cm³/mol. The molecule has 5 nitrogen and oxygen atoms in total. The number of hydrazone groups is 1. The Morgan fingerprint density at radius 1 is 1.00 bits per heavy atom. The maximum Gasteiger partial charge on any atom is 0.416 e. The monoisotopic (exact) mass is 438 g/mol. The van der Waals surface area contributed by atoms with E-state index in [1.807, 2.05) is 24.3 Å². The van der Waals surface area contributed by atoms with Crippen molar-refractivity contribution < 1.29 is 27.1 Å². The summed E-state index contributed by atoms with van der Waals surface area (Å²) in [5, 5.41) is 5.69. The normalized spacial score (nSPS) is 11.8. The standard InChI is InChI=1S/C24H17F3N2O3/c1-31-22-13-16-6-3-2-5-15(16)12-20(22)23(30)29-28-14-19-9-10-21(32-19)17-7-4-8-18(11-17)24(25,26)27/h2-14H,1H3,(H,29,30). The van der Waals surface area contributed by atoms with Crippen molar-refractivity contribution in [3.63, 3.8) is 0 Å². The summed E-state index contributed by atoms with van der Waals surface area (Å²) >= 11 is 0. The van der Waals surface area contributed by atoms with E-state index in [0.717, 1.165) is 22.9 Å². The van der Waals surface area contributed by atoms with Crippen LogP contribution in [-0.4, -0.2) is 19.2 Å². The van der Waals surface area contributed by atoms with Crippen LogP contribution in [-0.2, 0) is 6.18 Å². The minimum Gasteiger partial charge on any atom is -0.496 e. The van der Waals surface area contributed by atoms with Crippen LogP contribution in [0.15, 0.2) is 82.3 Å². The van der Waals surface area contributed by atoms with Crippen molar-refractivity contribution in [3.05, 3.63) is 89.7 Å². The molecule has 1 heterocycles. The number of hydrogen-bond acceptors (Lipinski definition) is 4. The van der Waals surface area contributed by atoms with Gasteiger partial charge in [0.15, 0.2) is 0 Å². The lowest BCUT2D eigenvalue weighted by molar-refractivity contribution is -0.137. The number of halogens is 3. The first-order valence-corrected chi connectivity index (χ1v) is 9.53. The average molecular weight is 438 g/mol. The van der Waals surface area contributed by atoms with Crippen LogP contribution in [0.1, 0.15) is 21.7 Å². The zero-order valence-electron chi connectivity index (χ0n) is 16.8. The van der Waals surface area contributed by atoms with Crippen LogP contribution in [0, 0.1) is 0 Å². The highest BCUT2D eigenvalue weighted by Crippen LogP contribution is 2.32. The van der Waals surface area contributed by atoms with E-state index in [2.05, 4.69) is 10.5 Å². The molecule has 0 atom stereocenters. The fraction of sp³-hybridized carbons (Fsp3) is 0.0833. The largest absolute Gasteiger partial charge is 0.496 e. The van der Waals surface area contributed by atoms with E-state index in [4.69, 9.17) is 9.15 Å². The van der Waals surface area contributed by atoms with E-state index in [1.165, 1.54) is 31.5 Å². The second-order valence-electron chi connectivity index (χ2n) is 6.88. The van der Waals surface area contributed by atoms with Gasteiger partial charge in [0, 0.05) is 5.56 Å². The second-order valence-corrected chi connectivity index (χ2v) is 6.88. The fourth-order valence-corrected chi connectivity index (χ4v) is 3.21. The highest BCUT2D eigenvalue weighted by atomic mass is 19.4. The van der Waals surface area contributed by atoms with E-state index in [1.54, 1.807) is 18.2 Å². The maximum atomic E-state index is 12.9. The molecule has 0 aliphatic rings. The van der Waals surface area contributed by atoms with Gasteiger partial charge >= 0.3 is 6.18 Å². The highest BCUT2D eigenvalue weighted by molar-refractivity contribution is 6.01. The van der Waals surface area contributed by atoms with Crippen molar-refractivity contribution in [1.82, 2.24) is 5.43 Å². The summed E-state index contributed by atoms with van der Waals surface area (Å²) in [7, 11) is 1.47. The summed E-state index contributed by atoms with van der Waals surface area (Å²) in [5.74, 6) is 0.443. The number of amides is 1. The van der Waals surface area contributed by atoms with Gasteiger partial charge in [-0.15, -0.1) is 0 Å². The molecule has 0 aliphatic carbocycles. The second kappa shape index (κ2) is 8.58. The molecule has 0 saturated carbocycles. The van der Waals surface area contributed by atoms with Crippen LogP contribution in [0.5, 0.6) is 5.75 Å². The number of methoxy groups -OCH3 is 1. The third kappa shape index (κ3) is 4.49. The summed E-state index contributed by atoms with van der Waals surface area (Å²) in [6.45, 7) is 0. The van der Waals surface area contributed by atoms with Gasteiger partial charge in [0.05, 0.1) is 24.5 Å². The van der Waals surface area contributed by atoms with Crippen LogP contribution in [0.4, 0.5) is 13.2 Å². The molecule has 32 heavy (non-hydrogen) atoms. The van der Waals surface area contributed by atoms with E-state index in [0.29, 0.717) is 11.3 Å². The number of nitrogens with one attached hydrogen (secondary N) is 1. The molecule has 4 aromatic rings. The quantitative estimate of drug-likeness (QED) is 0.312. The zero-order valence-corrected chi connectivity index (χ0v) is 16.8. The van der Waals surface area contributed by atoms with Crippen LogP contribution in [0.3, 0.4) is 0 Å². The SMILES string of the molecule is COc1cc2ccccc2cc1C(=O)NN=Cc1ccc(-c2cccc(C(F)(F)F)c2)o1. The molecule has 0 aliphatic heterocycles. The van der Waals surface area contributed by atoms with Gasteiger partial charge in [-0.3, -0.25) is 4.79 Å². The molecule has 162 valence electrons.